The molecule has 2 amide bonds. The van der Waals surface area contributed by atoms with Gasteiger partial charge in [0.25, 0.3) is 0 Å². The molecule has 0 aliphatic rings. The first-order valence-corrected chi connectivity index (χ1v) is 6.29. The summed E-state index contributed by atoms with van der Waals surface area (Å²) in [6.07, 6.45) is -0.654. The maximum Gasteiger partial charge on any atom is 0.411 e. The molecule has 1 rings (SSSR count). The third kappa shape index (κ3) is 5.27. The fourth-order valence-electron chi connectivity index (χ4n) is 1.29. The fraction of sp³-hybridized carbons (Fsp3) is 0.429. The van der Waals surface area contributed by atoms with E-state index in [0.29, 0.717) is 11.4 Å². The van der Waals surface area contributed by atoms with Gasteiger partial charge in [0, 0.05) is 16.8 Å². The van der Waals surface area contributed by atoms with Crippen LogP contribution in [0.2, 0.25) is 0 Å². The maximum atomic E-state index is 11.9. The van der Waals surface area contributed by atoms with Gasteiger partial charge in [-0.25, -0.2) is 4.79 Å². The molecule has 0 aliphatic heterocycles. The van der Waals surface area contributed by atoms with Crippen LogP contribution in [0.25, 0.3) is 0 Å². The molecule has 20 heavy (non-hydrogen) atoms. The fourth-order valence-corrected chi connectivity index (χ4v) is 1.29. The predicted molar refractivity (Wildman–Crippen MR) is 76.6 cm³/mol. The van der Waals surface area contributed by atoms with Crippen molar-refractivity contribution in [2.75, 3.05) is 23.8 Å². The molecule has 0 heterocycles. The largest absolute Gasteiger partial charge is 0.447 e. The number of hydrogen-bond donors (Lipinski definition) is 3. The Bertz CT molecular complexity index is 480. The minimum absolute atomic E-state index is 0.0632. The molecule has 3 N–H and O–H groups in total. The monoisotopic (exact) mass is 280 g/mol. The van der Waals surface area contributed by atoms with Gasteiger partial charge in [-0.15, -0.1) is 0 Å². The van der Waals surface area contributed by atoms with E-state index in [-0.39, 0.29) is 19.1 Å². The molecular formula is C14H20N2O4. The Labute approximate surface area is 118 Å². The van der Waals surface area contributed by atoms with Gasteiger partial charge in [-0.2, -0.15) is 0 Å². The Morgan fingerprint density at radius 2 is 1.80 bits per heavy atom. The van der Waals surface area contributed by atoms with Gasteiger partial charge in [0.05, 0.1) is 6.61 Å². The number of amides is 2. The highest BCUT2D eigenvalue weighted by Gasteiger charge is 2.21. The highest BCUT2D eigenvalue weighted by atomic mass is 16.6. The summed E-state index contributed by atoms with van der Waals surface area (Å²) in [6.45, 7) is 5.16. The molecule has 6 heteroatoms. The van der Waals surface area contributed by atoms with Gasteiger partial charge in [-0.1, -0.05) is 26.8 Å². The van der Waals surface area contributed by atoms with Crippen LogP contribution in [0.1, 0.15) is 20.8 Å². The highest BCUT2D eigenvalue weighted by Crippen LogP contribution is 2.20. The molecule has 0 saturated carbocycles. The SMILES string of the molecule is CC(C)(C)C(=O)Nc1cccc(NC(=O)OCCO)c1. The van der Waals surface area contributed by atoms with Crippen molar-refractivity contribution in [1.82, 2.24) is 0 Å². The van der Waals surface area contributed by atoms with E-state index < -0.39 is 11.5 Å². The molecule has 0 radical (unpaired) electrons. The first-order valence-electron chi connectivity index (χ1n) is 6.29. The number of ether oxygens (including phenoxy) is 1. The Kier molecular flexibility index (Phi) is 5.52. The number of benzene rings is 1. The summed E-state index contributed by atoms with van der Waals surface area (Å²) in [4.78, 5) is 23.2. The lowest BCUT2D eigenvalue weighted by Crippen LogP contribution is -2.27. The standard InChI is InChI=1S/C14H20N2O4/c1-14(2,3)12(18)15-10-5-4-6-11(9-10)16-13(19)20-8-7-17/h4-6,9,17H,7-8H2,1-3H3,(H,15,18)(H,16,19). The number of aliphatic hydroxyl groups is 1. The minimum atomic E-state index is -0.654. The zero-order valence-electron chi connectivity index (χ0n) is 11.9. The summed E-state index contributed by atoms with van der Waals surface area (Å²) >= 11 is 0. The van der Waals surface area contributed by atoms with Crippen molar-refractivity contribution in [3.63, 3.8) is 0 Å². The van der Waals surface area contributed by atoms with E-state index in [4.69, 9.17) is 5.11 Å². The van der Waals surface area contributed by atoms with E-state index in [9.17, 15) is 9.59 Å². The molecule has 110 valence electrons. The van der Waals surface area contributed by atoms with E-state index >= 15 is 0 Å². The van der Waals surface area contributed by atoms with Crippen molar-refractivity contribution in [2.24, 2.45) is 5.41 Å². The van der Waals surface area contributed by atoms with Crippen LogP contribution in [0.4, 0.5) is 16.2 Å². The highest BCUT2D eigenvalue weighted by molar-refractivity contribution is 5.95. The smallest absolute Gasteiger partial charge is 0.411 e. The molecule has 0 unspecified atom stereocenters. The van der Waals surface area contributed by atoms with Gasteiger partial charge >= 0.3 is 6.09 Å². The zero-order valence-corrected chi connectivity index (χ0v) is 11.9. The number of nitrogens with one attached hydrogen (secondary N) is 2. The summed E-state index contributed by atoms with van der Waals surface area (Å²) in [5.41, 5.74) is 0.591. The number of carbonyl (C=O) groups excluding carboxylic acids is 2. The van der Waals surface area contributed by atoms with Gasteiger partial charge in [0.1, 0.15) is 6.61 Å². The molecule has 1 aromatic carbocycles. The van der Waals surface area contributed by atoms with Crippen LogP contribution in [0.3, 0.4) is 0 Å². The summed E-state index contributed by atoms with van der Waals surface area (Å²) in [5, 5.41) is 13.8. The van der Waals surface area contributed by atoms with E-state index in [1.807, 2.05) is 20.8 Å². The number of hydrogen-bond acceptors (Lipinski definition) is 4. The van der Waals surface area contributed by atoms with Gasteiger partial charge in [0.15, 0.2) is 0 Å². The first kappa shape index (κ1) is 16.0. The van der Waals surface area contributed by atoms with Crippen LogP contribution in [-0.2, 0) is 9.53 Å². The second-order valence-electron chi connectivity index (χ2n) is 5.27. The van der Waals surface area contributed by atoms with Crippen LogP contribution in [0.5, 0.6) is 0 Å². The summed E-state index contributed by atoms with van der Waals surface area (Å²) in [5.74, 6) is -0.113. The quantitative estimate of drug-likeness (QED) is 0.789. The molecule has 0 aliphatic carbocycles. The van der Waals surface area contributed by atoms with Crippen molar-refractivity contribution >= 4 is 23.4 Å². The third-order valence-electron chi connectivity index (χ3n) is 2.37. The first-order chi connectivity index (χ1) is 9.32. The molecule has 0 atom stereocenters. The van der Waals surface area contributed by atoms with Gasteiger partial charge in [-0.05, 0) is 18.2 Å². The molecule has 0 bridgehead atoms. The Morgan fingerprint density at radius 3 is 2.35 bits per heavy atom. The van der Waals surface area contributed by atoms with Crippen LogP contribution in [-0.4, -0.2) is 30.3 Å². The second kappa shape index (κ2) is 6.91. The lowest BCUT2D eigenvalue weighted by Gasteiger charge is -2.18. The van der Waals surface area contributed by atoms with Crippen LogP contribution in [0, 0.1) is 5.41 Å². The molecule has 0 saturated heterocycles. The molecule has 6 nitrogen and oxygen atoms in total. The summed E-state index contributed by atoms with van der Waals surface area (Å²) in [6, 6.07) is 6.74. The topological polar surface area (TPSA) is 87.7 Å². The van der Waals surface area contributed by atoms with E-state index in [2.05, 4.69) is 15.4 Å². The molecular weight excluding hydrogens is 260 g/mol. The van der Waals surface area contributed by atoms with Gasteiger partial charge in [-0.3, -0.25) is 10.1 Å². The van der Waals surface area contributed by atoms with Crippen molar-refractivity contribution < 1.29 is 19.4 Å². The van der Waals surface area contributed by atoms with Crippen molar-refractivity contribution in [2.45, 2.75) is 20.8 Å². The van der Waals surface area contributed by atoms with Crippen LogP contribution in [0.15, 0.2) is 24.3 Å². The van der Waals surface area contributed by atoms with Crippen molar-refractivity contribution in [1.29, 1.82) is 0 Å². The number of rotatable bonds is 4. The van der Waals surface area contributed by atoms with Crippen molar-refractivity contribution in [3.05, 3.63) is 24.3 Å². The Hall–Kier alpha value is -2.08. The van der Waals surface area contributed by atoms with Crippen LogP contribution >= 0.6 is 0 Å². The zero-order chi connectivity index (χ0) is 15.2. The minimum Gasteiger partial charge on any atom is -0.447 e. The van der Waals surface area contributed by atoms with Gasteiger partial charge in [0.2, 0.25) is 5.91 Å². The summed E-state index contributed by atoms with van der Waals surface area (Å²) in [7, 11) is 0. The Balaban J connectivity index is 2.66. The summed E-state index contributed by atoms with van der Waals surface area (Å²) < 4.78 is 4.68. The van der Waals surface area contributed by atoms with E-state index in [0.717, 1.165) is 0 Å². The molecule has 0 spiro atoms. The Morgan fingerprint density at radius 1 is 1.20 bits per heavy atom. The second-order valence-corrected chi connectivity index (χ2v) is 5.27. The average molecular weight is 280 g/mol. The lowest BCUT2D eigenvalue weighted by atomic mass is 9.95. The number of anilines is 2. The molecule has 1 aromatic rings. The van der Waals surface area contributed by atoms with E-state index in [1.54, 1.807) is 24.3 Å². The van der Waals surface area contributed by atoms with Crippen LogP contribution < -0.4 is 10.6 Å². The number of aliphatic hydroxyl groups excluding tert-OH is 1. The third-order valence-corrected chi connectivity index (χ3v) is 2.37. The lowest BCUT2D eigenvalue weighted by molar-refractivity contribution is -0.123. The average Bonchev–Trinajstić information content (AvgIpc) is 2.35. The normalized spacial score (nSPS) is 10.8. The molecule has 0 aromatic heterocycles. The molecule has 0 fully saturated rings. The maximum absolute atomic E-state index is 11.9. The van der Waals surface area contributed by atoms with Crippen molar-refractivity contribution in [3.8, 4) is 0 Å². The predicted octanol–water partition coefficient (Wildman–Crippen LogP) is 2.21. The van der Waals surface area contributed by atoms with Gasteiger partial charge < -0.3 is 15.2 Å². The number of carbonyl (C=O) groups is 2. The van der Waals surface area contributed by atoms with E-state index in [1.165, 1.54) is 0 Å².